The van der Waals surface area contributed by atoms with E-state index < -0.39 is 11.6 Å². The van der Waals surface area contributed by atoms with Crippen LogP contribution in [0.25, 0.3) is 0 Å². The molecule has 0 radical (unpaired) electrons. The van der Waals surface area contributed by atoms with E-state index in [1.165, 1.54) is 11.4 Å². The molecule has 18 heavy (non-hydrogen) atoms. The van der Waals surface area contributed by atoms with Crippen molar-refractivity contribution in [1.82, 2.24) is 0 Å². The van der Waals surface area contributed by atoms with E-state index in [2.05, 4.69) is 25.8 Å². The normalized spacial score (nSPS) is 33.0. The Labute approximate surface area is 113 Å². The largest absolute Gasteiger partial charge is 0.479 e. The fourth-order valence-electron chi connectivity index (χ4n) is 2.33. The quantitative estimate of drug-likeness (QED) is 0.444. The summed E-state index contributed by atoms with van der Waals surface area (Å²) in [5.41, 5.74) is -1.05. The zero-order chi connectivity index (χ0) is 13.6. The van der Waals surface area contributed by atoms with Gasteiger partial charge in [0.25, 0.3) is 0 Å². The van der Waals surface area contributed by atoms with E-state index in [4.69, 9.17) is 4.74 Å². The molecule has 0 aromatic heterocycles. The van der Waals surface area contributed by atoms with Gasteiger partial charge in [-0.25, -0.2) is 16.1 Å². The van der Waals surface area contributed by atoms with Crippen LogP contribution in [0.2, 0.25) is 0 Å². The molecule has 0 bridgehead atoms. The Bertz CT molecular complexity index is 327. The van der Waals surface area contributed by atoms with Crippen LogP contribution in [-0.4, -0.2) is 33.9 Å². The van der Waals surface area contributed by atoms with Gasteiger partial charge in [-0.15, -0.1) is 6.58 Å². The van der Waals surface area contributed by atoms with Crippen LogP contribution in [0.4, 0.5) is 0 Å². The van der Waals surface area contributed by atoms with Crippen LogP contribution < -0.4 is 0 Å². The molecule has 1 rings (SSSR count). The molecule has 0 saturated carbocycles. The summed E-state index contributed by atoms with van der Waals surface area (Å²) in [5.74, 6) is 0.663. The second-order valence-electron chi connectivity index (χ2n) is 4.88. The predicted octanol–water partition coefficient (Wildman–Crippen LogP) is 2.88. The highest BCUT2D eigenvalue weighted by Gasteiger charge is 2.45. The lowest BCUT2D eigenvalue weighted by Crippen LogP contribution is -2.49. The minimum atomic E-state index is -1.05. The van der Waals surface area contributed by atoms with Gasteiger partial charge in [0.05, 0.1) is 6.10 Å². The topological polar surface area (TPSA) is 46.5 Å². The Morgan fingerprint density at radius 1 is 1.67 bits per heavy atom. The van der Waals surface area contributed by atoms with Gasteiger partial charge in [0.2, 0.25) is 0 Å². The van der Waals surface area contributed by atoms with Crippen LogP contribution in [-0.2, 0) is 9.53 Å². The number of thiol groups is 1. The molecule has 0 amide bonds. The van der Waals surface area contributed by atoms with E-state index in [-0.39, 0.29) is 6.10 Å². The van der Waals surface area contributed by atoms with E-state index >= 15 is 0 Å². The third kappa shape index (κ3) is 3.69. The van der Waals surface area contributed by atoms with Crippen LogP contribution >= 0.6 is 11.4 Å². The highest BCUT2D eigenvalue weighted by molar-refractivity contribution is 7.97. The van der Waals surface area contributed by atoms with Gasteiger partial charge in [0, 0.05) is 6.42 Å². The van der Waals surface area contributed by atoms with Crippen molar-refractivity contribution in [1.29, 1.82) is 0 Å². The van der Waals surface area contributed by atoms with Crippen molar-refractivity contribution in [3.63, 3.8) is 0 Å². The van der Waals surface area contributed by atoms with Gasteiger partial charge in [-0.2, -0.15) is 0 Å². The summed E-state index contributed by atoms with van der Waals surface area (Å²) in [6, 6.07) is 0. The van der Waals surface area contributed by atoms with Gasteiger partial charge in [-0.1, -0.05) is 25.3 Å². The molecular weight excluding hydrogens is 248 g/mol. The first-order chi connectivity index (χ1) is 8.55. The molecule has 0 spiro atoms. The van der Waals surface area contributed by atoms with Crippen molar-refractivity contribution < 1.29 is 14.6 Å². The summed E-state index contributed by atoms with van der Waals surface area (Å²) in [4.78, 5) is 11.5. The Hall–Kier alpha value is -0.610. The maximum Gasteiger partial charge on any atom is 0.336 e. The van der Waals surface area contributed by atoms with Crippen LogP contribution in [0.15, 0.2) is 12.7 Å². The molecule has 0 aliphatic carbocycles. The Morgan fingerprint density at radius 2 is 2.39 bits per heavy atom. The van der Waals surface area contributed by atoms with E-state index in [0.717, 1.165) is 18.6 Å². The number of hydrogen-bond donors (Lipinski definition) is 2. The number of carboxylic acid groups (broad SMARTS) is 1. The first kappa shape index (κ1) is 15.4. The maximum atomic E-state index is 11.5. The zero-order valence-electron chi connectivity index (χ0n) is 11.3. The number of ether oxygens (including phenoxy) is 1. The summed E-state index contributed by atoms with van der Waals surface area (Å²) in [7, 11) is 0. The van der Waals surface area contributed by atoms with E-state index in [1.54, 1.807) is 6.08 Å². The highest BCUT2D eigenvalue weighted by atomic mass is 32.1. The summed E-state index contributed by atoms with van der Waals surface area (Å²) < 4.78 is 5.93. The number of aliphatic carboxylic acids is 1. The van der Waals surface area contributed by atoms with Crippen molar-refractivity contribution in [2.24, 2.45) is 5.92 Å². The van der Waals surface area contributed by atoms with Crippen molar-refractivity contribution in [2.75, 3.05) is 5.75 Å². The van der Waals surface area contributed by atoms with Crippen molar-refractivity contribution in [3.05, 3.63) is 12.7 Å². The van der Waals surface area contributed by atoms with Gasteiger partial charge in [0.1, 0.15) is 0 Å². The molecule has 1 fully saturated rings. The first-order valence-corrected chi connectivity index (χ1v) is 7.71. The molecule has 1 heterocycles. The molecule has 1 aliphatic rings. The molecule has 2 unspecified atom stereocenters. The third-order valence-corrected chi connectivity index (χ3v) is 4.36. The van der Waals surface area contributed by atoms with Crippen molar-refractivity contribution in [3.8, 4) is 0 Å². The molecule has 0 aromatic rings. The van der Waals surface area contributed by atoms with Crippen LogP contribution in [0, 0.1) is 5.92 Å². The lowest BCUT2D eigenvalue weighted by Gasteiger charge is -2.40. The van der Waals surface area contributed by atoms with Gasteiger partial charge in [-0.05, 0) is 30.9 Å². The van der Waals surface area contributed by atoms with Crippen molar-refractivity contribution in [2.45, 2.75) is 51.2 Å². The molecule has 104 valence electrons. The Kier molecular flexibility index (Phi) is 6.09. The molecular formula is C14H24O3S. The molecule has 1 aliphatic heterocycles. The summed E-state index contributed by atoms with van der Waals surface area (Å²) in [6.07, 6.45) is 4.38. The van der Waals surface area contributed by atoms with E-state index in [0.29, 0.717) is 18.8 Å². The van der Waals surface area contributed by atoms with Crippen LogP contribution in [0.1, 0.15) is 39.5 Å². The first-order valence-electron chi connectivity index (χ1n) is 6.56. The SMILES string of the molecule is C=CC[C@]1(C(=O)O)CCC(C)C(CC=[SH]CC)O1. The minimum absolute atomic E-state index is 0.0221. The van der Waals surface area contributed by atoms with Crippen LogP contribution in [0.5, 0.6) is 0 Å². The predicted molar refractivity (Wildman–Crippen MR) is 78.7 cm³/mol. The Balaban J connectivity index is 2.76. The monoisotopic (exact) mass is 272 g/mol. The van der Waals surface area contributed by atoms with E-state index in [1.807, 2.05) is 0 Å². The summed E-state index contributed by atoms with van der Waals surface area (Å²) >= 11 is 1.29. The molecule has 1 saturated heterocycles. The molecule has 1 N–H and O–H groups in total. The molecule has 3 atom stereocenters. The fourth-order valence-corrected chi connectivity index (χ4v) is 2.94. The smallest absolute Gasteiger partial charge is 0.336 e. The second-order valence-corrected chi connectivity index (χ2v) is 6.24. The van der Waals surface area contributed by atoms with Gasteiger partial charge >= 0.3 is 5.97 Å². The number of carbonyl (C=O) groups is 1. The maximum absolute atomic E-state index is 11.5. The van der Waals surface area contributed by atoms with Crippen molar-refractivity contribution >= 4 is 22.7 Å². The van der Waals surface area contributed by atoms with Gasteiger partial charge < -0.3 is 9.84 Å². The zero-order valence-corrected chi connectivity index (χ0v) is 12.2. The van der Waals surface area contributed by atoms with Gasteiger partial charge in [0.15, 0.2) is 5.60 Å². The second kappa shape index (κ2) is 7.10. The summed E-state index contributed by atoms with van der Waals surface area (Å²) in [5, 5.41) is 11.6. The average Bonchev–Trinajstić information content (AvgIpc) is 2.33. The highest BCUT2D eigenvalue weighted by Crippen LogP contribution is 2.36. The van der Waals surface area contributed by atoms with Gasteiger partial charge in [-0.3, -0.25) is 0 Å². The molecule has 3 nitrogen and oxygen atoms in total. The lowest BCUT2D eigenvalue weighted by molar-refractivity contribution is -0.189. The van der Waals surface area contributed by atoms with E-state index in [9.17, 15) is 9.90 Å². The third-order valence-electron chi connectivity index (χ3n) is 3.53. The minimum Gasteiger partial charge on any atom is -0.479 e. The Morgan fingerprint density at radius 3 is 2.94 bits per heavy atom. The average molecular weight is 272 g/mol. The number of hydrogen-bond acceptors (Lipinski definition) is 2. The molecule has 0 aromatic carbocycles. The van der Waals surface area contributed by atoms with Crippen LogP contribution in [0.3, 0.4) is 0 Å². The summed E-state index contributed by atoms with van der Waals surface area (Å²) in [6.45, 7) is 7.92. The standard InChI is InChI=1S/C14H24O3S/c1-4-8-14(13(15)16)9-6-11(3)12(17-14)7-10-18-5-2/h4,10-12,18H,1,5-9H2,2-3H3,(H,15,16)/t11?,12?,14-/m1/s1. The number of carboxylic acids is 1. The fraction of sp³-hybridized carbons (Fsp3) is 0.714. The molecule has 4 heteroatoms. The lowest BCUT2D eigenvalue weighted by atomic mass is 9.83. The number of rotatable bonds is 6.